The molecule has 26 heavy (non-hydrogen) atoms. The molecule has 4 nitrogen and oxygen atoms in total. The largest absolute Gasteiger partial charge is 0.490 e. The molecule has 2 heterocycles. The number of likely N-dealkylation sites (tertiary alicyclic amines) is 1. The third-order valence-electron chi connectivity index (χ3n) is 6.41. The van der Waals surface area contributed by atoms with Crippen molar-refractivity contribution in [3.8, 4) is 5.75 Å². The quantitative estimate of drug-likeness (QED) is 0.863. The second kappa shape index (κ2) is 8.62. The molecule has 0 bridgehead atoms. The van der Waals surface area contributed by atoms with Crippen molar-refractivity contribution in [1.29, 1.82) is 0 Å². The molecule has 3 fully saturated rings. The number of carbonyl (C=O) groups excluding carboxylic acids is 1. The minimum absolute atomic E-state index is 0. The van der Waals surface area contributed by atoms with Crippen molar-refractivity contribution >= 4 is 18.3 Å². The monoisotopic (exact) mass is 378 g/mol. The van der Waals surface area contributed by atoms with Crippen molar-refractivity contribution in [2.75, 3.05) is 26.2 Å². The molecule has 1 aromatic carbocycles. The number of piperidine rings is 1. The maximum Gasteiger partial charge on any atom is 0.257 e. The number of hydrogen-bond donors (Lipinski definition) is 1. The minimum atomic E-state index is 0. The van der Waals surface area contributed by atoms with E-state index in [0.29, 0.717) is 5.41 Å². The molecular formula is C21H31ClN2O2. The van der Waals surface area contributed by atoms with Crippen LogP contribution in [0.2, 0.25) is 0 Å². The van der Waals surface area contributed by atoms with Gasteiger partial charge in [-0.1, -0.05) is 18.6 Å². The van der Waals surface area contributed by atoms with Gasteiger partial charge in [0.2, 0.25) is 0 Å². The highest BCUT2D eigenvalue weighted by atomic mass is 35.5. The molecule has 0 aromatic heterocycles. The van der Waals surface area contributed by atoms with E-state index in [0.717, 1.165) is 63.2 Å². The Morgan fingerprint density at radius 1 is 1.08 bits per heavy atom. The van der Waals surface area contributed by atoms with Crippen molar-refractivity contribution < 1.29 is 9.53 Å². The molecule has 2 saturated heterocycles. The summed E-state index contributed by atoms with van der Waals surface area (Å²) >= 11 is 0. The fraction of sp³-hybridized carbons (Fsp3) is 0.667. The number of nitrogens with one attached hydrogen (secondary N) is 1. The van der Waals surface area contributed by atoms with Crippen LogP contribution in [0.15, 0.2) is 24.3 Å². The predicted molar refractivity (Wildman–Crippen MR) is 106 cm³/mol. The fourth-order valence-corrected chi connectivity index (χ4v) is 4.69. The van der Waals surface area contributed by atoms with E-state index in [1.807, 2.05) is 29.2 Å². The van der Waals surface area contributed by atoms with Crippen LogP contribution in [0.25, 0.3) is 0 Å². The molecule has 1 N–H and O–H groups in total. The highest BCUT2D eigenvalue weighted by Crippen LogP contribution is 2.37. The molecule has 1 amide bonds. The molecule has 2 aliphatic heterocycles. The summed E-state index contributed by atoms with van der Waals surface area (Å²) in [5, 5.41) is 3.49. The average molecular weight is 379 g/mol. The first-order valence-corrected chi connectivity index (χ1v) is 10.0. The fourth-order valence-electron chi connectivity index (χ4n) is 4.69. The van der Waals surface area contributed by atoms with Crippen molar-refractivity contribution in [3.05, 3.63) is 29.8 Å². The van der Waals surface area contributed by atoms with Gasteiger partial charge >= 0.3 is 0 Å². The predicted octanol–water partition coefficient (Wildman–Crippen LogP) is 4.04. The molecule has 0 unspecified atom stereocenters. The van der Waals surface area contributed by atoms with Crippen LogP contribution in [0, 0.1) is 5.41 Å². The smallest absolute Gasteiger partial charge is 0.257 e. The summed E-state index contributed by atoms with van der Waals surface area (Å²) in [4.78, 5) is 15.1. The highest BCUT2D eigenvalue weighted by molar-refractivity contribution is 5.97. The second-order valence-corrected chi connectivity index (χ2v) is 8.09. The van der Waals surface area contributed by atoms with Gasteiger partial charge in [0.15, 0.2) is 0 Å². The number of carbonyl (C=O) groups is 1. The van der Waals surface area contributed by atoms with Crippen LogP contribution in [0.1, 0.15) is 61.7 Å². The van der Waals surface area contributed by atoms with Crippen LogP contribution < -0.4 is 10.1 Å². The number of hydrogen-bond acceptors (Lipinski definition) is 3. The summed E-state index contributed by atoms with van der Waals surface area (Å²) < 4.78 is 6.23. The summed E-state index contributed by atoms with van der Waals surface area (Å²) in [6.45, 7) is 4.00. The molecule has 1 saturated carbocycles. The van der Waals surface area contributed by atoms with Crippen molar-refractivity contribution in [1.82, 2.24) is 10.2 Å². The van der Waals surface area contributed by atoms with E-state index in [4.69, 9.17) is 4.74 Å². The first kappa shape index (κ1) is 19.5. The Labute approximate surface area is 163 Å². The molecule has 3 aliphatic rings. The maximum atomic E-state index is 13.1. The first-order chi connectivity index (χ1) is 12.3. The highest BCUT2D eigenvalue weighted by Gasteiger charge is 2.38. The lowest BCUT2D eigenvalue weighted by molar-refractivity contribution is 0.0599. The van der Waals surface area contributed by atoms with Gasteiger partial charge in [-0.05, 0) is 69.0 Å². The van der Waals surface area contributed by atoms with Gasteiger partial charge in [-0.15, -0.1) is 12.4 Å². The van der Waals surface area contributed by atoms with Crippen LogP contribution in [0.5, 0.6) is 5.75 Å². The zero-order valence-corrected chi connectivity index (χ0v) is 16.4. The number of benzene rings is 1. The number of halogens is 1. The van der Waals surface area contributed by atoms with Crippen molar-refractivity contribution in [3.63, 3.8) is 0 Å². The first-order valence-electron chi connectivity index (χ1n) is 10.0. The summed E-state index contributed by atoms with van der Waals surface area (Å²) in [7, 11) is 0. The lowest BCUT2D eigenvalue weighted by Gasteiger charge is -2.39. The molecule has 1 aromatic rings. The Morgan fingerprint density at radius 2 is 1.81 bits per heavy atom. The SMILES string of the molecule is Cl.O=C(c1ccccc1OC1CCCCC1)N1CCC2(CCNC2)CC1. The van der Waals surface area contributed by atoms with Crippen molar-refractivity contribution in [2.24, 2.45) is 5.41 Å². The standard InChI is InChI=1S/C21H30N2O2.ClH/c24-20(23-14-11-21(12-15-23)10-13-22-16-21)18-8-4-5-9-19(18)25-17-6-2-1-3-7-17;/h4-5,8-9,17,22H,1-3,6-7,10-16H2;1H. The normalized spacial score (nSPS) is 22.8. The Morgan fingerprint density at radius 3 is 2.50 bits per heavy atom. The molecule has 144 valence electrons. The molecule has 5 heteroatoms. The van der Waals surface area contributed by atoms with E-state index >= 15 is 0 Å². The number of ether oxygens (including phenoxy) is 1. The second-order valence-electron chi connectivity index (χ2n) is 8.09. The van der Waals surface area contributed by atoms with Crippen LogP contribution >= 0.6 is 12.4 Å². The van der Waals surface area contributed by atoms with Crippen LogP contribution in [0.4, 0.5) is 0 Å². The molecule has 1 aliphatic carbocycles. The van der Waals surface area contributed by atoms with Crippen LogP contribution in [-0.4, -0.2) is 43.1 Å². The Bertz CT molecular complexity index is 600. The summed E-state index contributed by atoms with van der Waals surface area (Å²) in [5.74, 6) is 0.925. The van der Waals surface area contributed by atoms with Gasteiger partial charge in [0, 0.05) is 19.6 Å². The Kier molecular flexibility index (Phi) is 6.46. The molecule has 0 atom stereocenters. The van der Waals surface area contributed by atoms with Crippen molar-refractivity contribution in [2.45, 2.75) is 57.5 Å². The number of nitrogens with zero attached hydrogens (tertiary/aromatic N) is 1. The number of amides is 1. The van der Waals surface area contributed by atoms with Gasteiger partial charge in [0.05, 0.1) is 11.7 Å². The zero-order valence-electron chi connectivity index (χ0n) is 15.5. The zero-order chi connectivity index (χ0) is 17.1. The lowest BCUT2D eigenvalue weighted by Crippen LogP contribution is -2.44. The maximum absolute atomic E-state index is 13.1. The number of rotatable bonds is 3. The molecule has 1 spiro atoms. The minimum Gasteiger partial charge on any atom is -0.490 e. The topological polar surface area (TPSA) is 41.6 Å². The summed E-state index contributed by atoms with van der Waals surface area (Å²) in [6, 6.07) is 7.83. The van der Waals surface area contributed by atoms with E-state index in [-0.39, 0.29) is 24.4 Å². The van der Waals surface area contributed by atoms with Crippen LogP contribution in [-0.2, 0) is 0 Å². The van der Waals surface area contributed by atoms with Gasteiger partial charge in [0.25, 0.3) is 5.91 Å². The van der Waals surface area contributed by atoms with E-state index in [1.54, 1.807) is 0 Å². The molecular weight excluding hydrogens is 348 g/mol. The molecule has 0 radical (unpaired) electrons. The van der Waals surface area contributed by atoms with E-state index in [1.165, 1.54) is 25.7 Å². The Balaban J connectivity index is 0.00000196. The van der Waals surface area contributed by atoms with E-state index in [2.05, 4.69) is 5.32 Å². The van der Waals surface area contributed by atoms with Gasteiger partial charge in [0.1, 0.15) is 5.75 Å². The van der Waals surface area contributed by atoms with E-state index in [9.17, 15) is 4.79 Å². The van der Waals surface area contributed by atoms with Gasteiger partial charge < -0.3 is 15.0 Å². The third kappa shape index (κ3) is 4.17. The number of para-hydroxylation sites is 1. The lowest BCUT2D eigenvalue weighted by atomic mass is 9.78. The third-order valence-corrected chi connectivity index (χ3v) is 6.41. The van der Waals surface area contributed by atoms with Crippen LogP contribution in [0.3, 0.4) is 0 Å². The van der Waals surface area contributed by atoms with Gasteiger partial charge in [-0.2, -0.15) is 0 Å². The van der Waals surface area contributed by atoms with E-state index < -0.39 is 0 Å². The van der Waals surface area contributed by atoms with Gasteiger partial charge in [-0.25, -0.2) is 0 Å². The van der Waals surface area contributed by atoms with Gasteiger partial charge in [-0.3, -0.25) is 4.79 Å². The summed E-state index contributed by atoms with van der Waals surface area (Å²) in [5.41, 5.74) is 1.18. The Hall–Kier alpha value is -1.26. The average Bonchev–Trinajstić information content (AvgIpc) is 3.11. The molecule has 4 rings (SSSR count). The summed E-state index contributed by atoms with van der Waals surface area (Å²) in [6.07, 6.45) is 9.79.